The number of carboxylic acid groups (broad SMARTS) is 2. The Morgan fingerprint density at radius 3 is 1.36 bits per heavy atom. The lowest BCUT2D eigenvalue weighted by Gasteiger charge is -2.18. The number of ether oxygens (including phenoxy) is 2. The van der Waals surface area contributed by atoms with Gasteiger partial charge in [-0.15, -0.1) is 0 Å². The highest BCUT2D eigenvalue weighted by atomic mass is 16.5. The van der Waals surface area contributed by atoms with Gasteiger partial charge in [-0.25, -0.2) is 0 Å². The highest BCUT2D eigenvalue weighted by molar-refractivity contribution is 5.87. The molecule has 0 amide bonds. The Kier molecular flexibility index (Phi) is 8.92. The lowest BCUT2D eigenvalue weighted by atomic mass is 9.87. The SMILES string of the molecule is C=CCOC(=O)CC(C(=O)O)C(CC(=O)OCC=C)C(=O)O. The van der Waals surface area contributed by atoms with Crippen LogP contribution in [-0.4, -0.2) is 47.3 Å². The van der Waals surface area contributed by atoms with Crippen molar-refractivity contribution in [1.29, 1.82) is 0 Å². The Hall–Kier alpha value is -2.64. The van der Waals surface area contributed by atoms with Crippen LogP contribution >= 0.6 is 0 Å². The summed E-state index contributed by atoms with van der Waals surface area (Å²) < 4.78 is 9.26. The molecule has 0 spiro atoms. The Balaban J connectivity index is 4.95. The van der Waals surface area contributed by atoms with Gasteiger partial charge in [0, 0.05) is 0 Å². The van der Waals surface area contributed by atoms with E-state index < -0.39 is 48.6 Å². The molecule has 0 fully saturated rings. The van der Waals surface area contributed by atoms with E-state index in [-0.39, 0.29) is 13.2 Å². The molecule has 8 heteroatoms. The lowest BCUT2D eigenvalue weighted by molar-refractivity contribution is -0.161. The molecular weight excluding hydrogens is 296 g/mol. The zero-order valence-electron chi connectivity index (χ0n) is 11.9. The van der Waals surface area contributed by atoms with Crippen molar-refractivity contribution < 1.29 is 38.9 Å². The van der Waals surface area contributed by atoms with Crippen LogP contribution in [0.15, 0.2) is 25.3 Å². The molecule has 0 aliphatic carbocycles. The van der Waals surface area contributed by atoms with E-state index in [1.807, 2.05) is 0 Å². The van der Waals surface area contributed by atoms with Crippen molar-refractivity contribution in [3.63, 3.8) is 0 Å². The largest absolute Gasteiger partial charge is 0.481 e. The van der Waals surface area contributed by atoms with E-state index in [1.54, 1.807) is 0 Å². The fourth-order valence-corrected chi connectivity index (χ4v) is 1.58. The molecule has 122 valence electrons. The third-order valence-electron chi connectivity index (χ3n) is 2.62. The van der Waals surface area contributed by atoms with Gasteiger partial charge in [-0.2, -0.15) is 0 Å². The molecule has 0 radical (unpaired) electrons. The zero-order valence-corrected chi connectivity index (χ0v) is 11.9. The van der Waals surface area contributed by atoms with Crippen molar-refractivity contribution in [2.24, 2.45) is 11.8 Å². The van der Waals surface area contributed by atoms with Crippen LogP contribution in [0.2, 0.25) is 0 Å². The van der Waals surface area contributed by atoms with Crippen LogP contribution < -0.4 is 0 Å². The third-order valence-corrected chi connectivity index (χ3v) is 2.62. The topological polar surface area (TPSA) is 127 Å². The van der Waals surface area contributed by atoms with E-state index in [2.05, 4.69) is 22.6 Å². The minimum absolute atomic E-state index is 0.121. The molecule has 0 aromatic carbocycles. The molecule has 0 aliphatic heterocycles. The van der Waals surface area contributed by atoms with Gasteiger partial charge < -0.3 is 19.7 Å². The maximum Gasteiger partial charge on any atom is 0.307 e. The Morgan fingerprint density at radius 2 is 1.14 bits per heavy atom. The predicted octanol–water partition coefficient (Wildman–Crippen LogP) is 0.627. The number of carboxylic acids is 2. The van der Waals surface area contributed by atoms with E-state index in [1.165, 1.54) is 12.2 Å². The van der Waals surface area contributed by atoms with E-state index in [4.69, 9.17) is 10.2 Å². The Morgan fingerprint density at radius 1 is 0.818 bits per heavy atom. The summed E-state index contributed by atoms with van der Waals surface area (Å²) in [7, 11) is 0. The normalized spacial score (nSPS) is 12.5. The van der Waals surface area contributed by atoms with Gasteiger partial charge in [0.2, 0.25) is 0 Å². The number of aliphatic carboxylic acids is 2. The Bertz CT molecular complexity index is 412. The van der Waals surface area contributed by atoms with Crippen LogP contribution in [0.3, 0.4) is 0 Å². The fraction of sp³-hybridized carbons (Fsp3) is 0.429. The van der Waals surface area contributed by atoms with Crippen molar-refractivity contribution in [3.05, 3.63) is 25.3 Å². The van der Waals surface area contributed by atoms with Crippen molar-refractivity contribution in [2.45, 2.75) is 12.8 Å². The molecule has 2 unspecified atom stereocenters. The van der Waals surface area contributed by atoms with Crippen LogP contribution in [0.25, 0.3) is 0 Å². The number of hydrogen-bond acceptors (Lipinski definition) is 6. The van der Waals surface area contributed by atoms with E-state index in [0.29, 0.717) is 0 Å². The van der Waals surface area contributed by atoms with Crippen LogP contribution in [0.4, 0.5) is 0 Å². The average molecular weight is 314 g/mol. The second-order valence-corrected chi connectivity index (χ2v) is 4.24. The molecule has 0 aromatic rings. The molecule has 22 heavy (non-hydrogen) atoms. The fourth-order valence-electron chi connectivity index (χ4n) is 1.58. The summed E-state index contributed by atoms with van der Waals surface area (Å²) in [6, 6.07) is 0. The summed E-state index contributed by atoms with van der Waals surface area (Å²) >= 11 is 0. The number of rotatable bonds is 11. The molecule has 0 saturated heterocycles. The summed E-state index contributed by atoms with van der Waals surface area (Å²) in [5.74, 6) is -8.02. The summed E-state index contributed by atoms with van der Waals surface area (Å²) in [6.07, 6.45) is 1.23. The maximum atomic E-state index is 11.4. The third kappa shape index (κ3) is 7.22. The minimum Gasteiger partial charge on any atom is -0.481 e. The van der Waals surface area contributed by atoms with Gasteiger partial charge in [-0.05, 0) is 0 Å². The van der Waals surface area contributed by atoms with Crippen LogP contribution in [0, 0.1) is 11.8 Å². The van der Waals surface area contributed by atoms with Crippen molar-refractivity contribution >= 4 is 23.9 Å². The molecule has 0 aliphatic rings. The summed E-state index contributed by atoms with van der Waals surface area (Å²) in [4.78, 5) is 45.3. The first-order valence-corrected chi connectivity index (χ1v) is 6.32. The number of carbonyl (C=O) groups excluding carboxylic acids is 2. The van der Waals surface area contributed by atoms with Crippen molar-refractivity contribution in [2.75, 3.05) is 13.2 Å². The lowest BCUT2D eigenvalue weighted by Crippen LogP contribution is -2.34. The summed E-state index contributed by atoms with van der Waals surface area (Å²) in [5.41, 5.74) is 0. The highest BCUT2D eigenvalue weighted by Gasteiger charge is 2.37. The maximum absolute atomic E-state index is 11.4. The van der Waals surface area contributed by atoms with Gasteiger partial charge in [-0.1, -0.05) is 25.3 Å². The van der Waals surface area contributed by atoms with Gasteiger partial charge in [0.15, 0.2) is 0 Å². The number of hydrogen-bond donors (Lipinski definition) is 2. The molecule has 0 bridgehead atoms. The number of esters is 2. The van der Waals surface area contributed by atoms with Gasteiger partial charge in [-0.3, -0.25) is 19.2 Å². The first-order valence-electron chi connectivity index (χ1n) is 6.32. The van der Waals surface area contributed by atoms with Crippen LogP contribution in [0.5, 0.6) is 0 Å². The first kappa shape index (κ1) is 19.4. The van der Waals surface area contributed by atoms with Crippen molar-refractivity contribution in [1.82, 2.24) is 0 Å². The second kappa shape index (κ2) is 10.1. The molecular formula is C14H18O8. The quantitative estimate of drug-likeness (QED) is 0.420. The van der Waals surface area contributed by atoms with Crippen LogP contribution in [0.1, 0.15) is 12.8 Å². The smallest absolute Gasteiger partial charge is 0.307 e. The van der Waals surface area contributed by atoms with Crippen LogP contribution in [-0.2, 0) is 28.7 Å². The second-order valence-electron chi connectivity index (χ2n) is 4.24. The summed E-state index contributed by atoms with van der Waals surface area (Å²) in [5, 5.41) is 18.2. The van der Waals surface area contributed by atoms with E-state index >= 15 is 0 Å². The van der Waals surface area contributed by atoms with E-state index in [9.17, 15) is 19.2 Å². The molecule has 0 rings (SSSR count). The first-order chi connectivity index (χ1) is 10.3. The predicted molar refractivity (Wildman–Crippen MR) is 73.8 cm³/mol. The molecule has 2 atom stereocenters. The highest BCUT2D eigenvalue weighted by Crippen LogP contribution is 2.22. The molecule has 0 aromatic heterocycles. The van der Waals surface area contributed by atoms with Gasteiger partial charge >= 0.3 is 23.9 Å². The molecule has 0 saturated carbocycles. The molecule has 0 heterocycles. The molecule has 2 N–H and O–H groups in total. The molecule has 8 nitrogen and oxygen atoms in total. The van der Waals surface area contributed by atoms with Gasteiger partial charge in [0.05, 0.1) is 24.7 Å². The Labute approximate surface area is 127 Å². The van der Waals surface area contributed by atoms with Gasteiger partial charge in [0.1, 0.15) is 13.2 Å². The standard InChI is InChI=1S/C14H18O8/c1-3-5-21-11(15)7-9(13(17)18)10(14(19)20)8-12(16)22-6-4-2/h3-4,9-10H,1-2,5-8H2,(H,17,18)(H,19,20). The zero-order chi connectivity index (χ0) is 17.1. The minimum atomic E-state index is -1.61. The van der Waals surface area contributed by atoms with E-state index in [0.717, 1.165) is 0 Å². The van der Waals surface area contributed by atoms with Gasteiger partial charge in [0.25, 0.3) is 0 Å². The average Bonchev–Trinajstić information content (AvgIpc) is 2.45. The number of carbonyl (C=O) groups is 4. The monoisotopic (exact) mass is 314 g/mol. The summed E-state index contributed by atoms with van der Waals surface area (Å²) in [6.45, 7) is 6.40. The van der Waals surface area contributed by atoms with Crippen molar-refractivity contribution in [3.8, 4) is 0 Å².